The van der Waals surface area contributed by atoms with Crippen LogP contribution in [0.5, 0.6) is 5.88 Å². The van der Waals surface area contributed by atoms with Crippen molar-refractivity contribution in [1.82, 2.24) is 19.8 Å². The van der Waals surface area contributed by atoms with Crippen molar-refractivity contribution in [3.05, 3.63) is 72.4 Å². The van der Waals surface area contributed by atoms with Crippen LogP contribution in [0.2, 0.25) is 5.02 Å². The van der Waals surface area contributed by atoms with Gasteiger partial charge in [-0.25, -0.2) is 4.98 Å². The second kappa shape index (κ2) is 12.0. The first-order valence-corrected chi connectivity index (χ1v) is 14.7. The van der Waals surface area contributed by atoms with E-state index in [1.165, 1.54) is 6.08 Å². The number of piperazine rings is 1. The van der Waals surface area contributed by atoms with E-state index in [1.54, 1.807) is 4.90 Å². The van der Waals surface area contributed by atoms with Gasteiger partial charge in [0, 0.05) is 53.9 Å². The highest BCUT2D eigenvalue weighted by atomic mass is 35.5. The number of anilines is 1. The predicted octanol–water partition coefficient (Wildman–Crippen LogP) is 5.69. The summed E-state index contributed by atoms with van der Waals surface area (Å²) in [6.07, 6.45) is 5.67. The molecule has 214 valence electrons. The lowest BCUT2D eigenvalue weighted by molar-refractivity contribution is -0.128. The number of likely N-dealkylation sites (N-methyl/N-ethyl adjacent to an activating group) is 1. The number of benzene rings is 2. The summed E-state index contributed by atoms with van der Waals surface area (Å²) in [5.41, 5.74) is 4.24. The highest BCUT2D eigenvalue weighted by Crippen LogP contribution is 2.37. The van der Waals surface area contributed by atoms with E-state index < -0.39 is 0 Å². The Morgan fingerprint density at radius 1 is 1.19 bits per heavy atom. The molecule has 8 nitrogen and oxygen atoms in total. The molecule has 0 bridgehead atoms. The number of hydrogen-bond donors (Lipinski definition) is 0. The Morgan fingerprint density at radius 2 is 2.02 bits per heavy atom. The second-order valence-corrected chi connectivity index (χ2v) is 11.4. The van der Waals surface area contributed by atoms with Gasteiger partial charge in [0.05, 0.1) is 29.7 Å². The van der Waals surface area contributed by atoms with Gasteiger partial charge in [-0.15, -0.1) is 0 Å². The average Bonchev–Trinajstić information content (AvgIpc) is 3.43. The van der Waals surface area contributed by atoms with Crippen molar-refractivity contribution < 1.29 is 9.53 Å². The van der Waals surface area contributed by atoms with Crippen LogP contribution in [0.15, 0.2) is 67.4 Å². The van der Waals surface area contributed by atoms with E-state index in [4.69, 9.17) is 26.3 Å². The molecule has 2 fully saturated rings. The van der Waals surface area contributed by atoms with Gasteiger partial charge in [-0.2, -0.15) is 5.26 Å². The normalized spacial score (nSPS) is 19.3. The number of nitrogens with zero attached hydrogens (tertiary/aromatic N) is 6. The molecule has 2 aliphatic rings. The molecule has 2 saturated heterocycles. The zero-order valence-corrected chi connectivity index (χ0v) is 24.4. The molecular weight excluding hydrogens is 548 g/mol. The van der Waals surface area contributed by atoms with Crippen LogP contribution in [0.3, 0.4) is 0 Å². The molecule has 0 aliphatic carbocycles. The van der Waals surface area contributed by atoms with Gasteiger partial charge in [-0.3, -0.25) is 9.78 Å². The topological polar surface area (TPSA) is 85.6 Å². The SMILES string of the molecule is C=CC(=O)N1CCN(c2cc(OC[C@@H]3CCCN3C)nc3cc(-c4cccc5cccc(Cl)c45)cnc23)CC1CC#N. The number of likely N-dealkylation sites (tertiary alicyclic amines) is 1. The number of amides is 1. The van der Waals surface area contributed by atoms with Crippen molar-refractivity contribution in [2.24, 2.45) is 0 Å². The van der Waals surface area contributed by atoms with E-state index in [1.807, 2.05) is 36.5 Å². The van der Waals surface area contributed by atoms with Crippen LogP contribution in [0.4, 0.5) is 5.69 Å². The van der Waals surface area contributed by atoms with Gasteiger partial charge in [0.1, 0.15) is 12.1 Å². The number of pyridine rings is 2. The standard InChI is InChI=1S/C33H33ClN6O2/c1-3-31(41)40-16-15-39(20-24(40)12-13-35)29-18-30(42-21-25-9-6-14-38(25)2)37-28-17-23(19-36-33(28)29)26-10-4-7-22-8-5-11-27(34)32(22)26/h3-5,7-8,10-11,17-19,24-25H,1,6,9,12,14-16,20-21H2,2H3/t24?,25-/m0/s1. The van der Waals surface area contributed by atoms with Crippen LogP contribution in [-0.4, -0.2) is 77.6 Å². The van der Waals surface area contributed by atoms with E-state index in [9.17, 15) is 10.1 Å². The summed E-state index contributed by atoms with van der Waals surface area (Å²) < 4.78 is 6.33. The lowest BCUT2D eigenvalue weighted by Gasteiger charge is -2.41. The Bertz CT molecular complexity index is 1700. The summed E-state index contributed by atoms with van der Waals surface area (Å²) in [4.78, 5) is 28.6. The lowest BCUT2D eigenvalue weighted by atomic mass is 9.99. The van der Waals surface area contributed by atoms with Crippen molar-refractivity contribution in [2.45, 2.75) is 31.3 Å². The summed E-state index contributed by atoms with van der Waals surface area (Å²) in [6, 6.07) is 18.4. The van der Waals surface area contributed by atoms with Gasteiger partial charge in [-0.05, 0) is 55.6 Å². The molecule has 1 amide bonds. The summed E-state index contributed by atoms with van der Waals surface area (Å²) in [5.74, 6) is 0.379. The highest BCUT2D eigenvalue weighted by Gasteiger charge is 2.31. The third kappa shape index (κ3) is 5.38. The maximum atomic E-state index is 12.5. The monoisotopic (exact) mass is 580 g/mol. The molecule has 0 saturated carbocycles. The summed E-state index contributed by atoms with van der Waals surface area (Å²) in [5, 5.41) is 12.2. The molecule has 4 aromatic rings. The molecule has 6 rings (SSSR count). The number of hydrogen-bond acceptors (Lipinski definition) is 7. The molecule has 0 spiro atoms. The molecule has 2 aromatic carbocycles. The number of nitriles is 1. The summed E-state index contributed by atoms with van der Waals surface area (Å²) in [7, 11) is 2.13. The van der Waals surface area contributed by atoms with E-state index >= 15 is 0 Å². The lowest BCUT2D eigenvalue weighted by Crippen LogP contribution is -2.55. The van der Waals surface area contributed by atoms with Gasteiger partial charge in [0.25, 0.3) is 0 Å². The first kappa shape index (κ1) is 28.0. The Labute approximate surface area is 250 Å². The zero-order valence-electron chi connectivity index (χ0n) is 23.7. The van der Waals surface area contributed by atoms with Crippen LogP contribution in [0.25, 0.3) is 32.9 Å². The molecule has 4 heterocycles. The quantitative estimate of drug-likeness (QED) is 0.259. The first-order chi connectivity index (χ1) is 20.5. The molecule has 42 heavy (non-hydrogen) atoms. The molecule has 0 radical (unpaired) electrons. The third-order valence-electron chi connectivity index (χ3n) is 8.47. The number of rotatable bonds is 7. The Kier molecular flexibility index (Phi) is 7.96. The zero-order chi connectivity index (χ0) is 29.2. The van der Waals surface area contributed by atoms with E-state index in [-0.39, 0.29) is 18.4 Å². The van der Waals surface area contributed by atoms with Crippen molar-refractivity contribution in [2.75, 3.05) is 44.7 Å². The summed E-state index contributed by atoms with van der Waals surface area (Å²) in [6.45, 7) is 6.84. The highest BCUT2D eigenvalue weighted by molar-refractivity contribution is 6.36. The fraction of sp³-hybridized carbons (Fsp3) is 0.333. The fourth-order valence-corrected chi connectivity index (χ4v) is 6.49. The van der Waals surface area contributed by atoms with E-state index in [2.05, 4.69) is 47.7 Å². The molecule has 0 N–H and O–H groups in total. The number of carbonyl (C=O) groups is 1. The molecule has 9 heteroatoms. The van der Waals surface area contributed by atoms with Crippen molar-refractivity contribution >= 4 is 45.0 Å². The molecule has 2 atom stereocenters. The van der Waals surface area contributed by atoms with Crippen molar-refractivity contribution in [3.63, 3.8) is 0 Å². The second-order valence-electron chi connectivity index (χ2n) is 11.0. The number of halogens is 1. The Hall–Kier alpha value is -4.19. The van der Waals surface area contributed by atoms with Crippen LogP contribution in [0.1, 0.15) is 19.3 Å². The number of carbonyl (C=O) groups excluding carboxylic acids is 1. The minimum Gasteiger partial charge on any atom is -0.476 e. The maximum absolute atomic E-state index is 12.5. The van der Waals surface area contributed by atoms with Gasteiger partial charge in [-0.1, -0.05) is 48.5 Å². The van der Waals surface area contributed by atoms with Crippen molar-refractivity contribution in [3.8, 4) is 23.1 Å². The minimum atomic E-state index is -0.258. The largest absolute Gasteiger partial charge is 0.476 e. The average molecular weight is 581 g/mol. The Morgan fingerprint density at radius 3 is 2.79 bits per heavy atom. The van der Waals surface area contributed by atoms with E-state index in [0.717, 1.165) is 52.5 Å². The molecule has 1 unspecified atom stereocenters. The van der Waals surface area contributed by atoms with Crippen LogP contribution in [-0.2, 0) is 4.79 Å². The van der Waals surface area contributed by atoms with Gasteiger partial charge < -0.3 is 19.4 Å². The number of ether oxygens (including phenoxy) is 1. The third-order valence-corrected chi connectivity index (χ3v) is 8.78. The van der Waals surface area contributed by atoms with Crippen LogP contribution >= 0.6 is 11.6 Å². The number of aromatic nitrogens is 2. The molecule has 2 aromatic heterocycles. The Balaban J connectivity index is 1.42. The molecular formula is C33H33ClN6O2. The maximum Gasteiger partial charge on any atom is 0.246 e. The summed E-state index contributed by atoms with van der Waals surface area (Å²) >= 11 is 6.66. The van der Waals surface area contributed by atoms with Crippen LogP contribution in [0, 0.1) is 11.3 Å². The van der Waals surface area contributed by atoms with E-state index in [0.29, 0.717) is 48.7 Å². The first-order valence-electron chi connectivity index (χ1n) is 14.3. The van der Waals surface area contributed by atoms with Gasteiger partial charge in [0.2, 0.25) is 11.8 Å². The van der Waals surface area contributed by atoms with Crippen molar-refractivity contribution in [1.29, 1.82) is 5.26 Å². The molecule has 2 aliphatic heterocycles. The smallest absolute Gasteiger partial charge is 0.246 e. The van der Waals surface area contributed by atoms with Gasteiger partial charge in [0.15, 0.2) is 0 Å². The fourth-order valence-electron chi connectivity index (χ4n) is 6.20. The number of fused-ring (bicyclic) bond motifs is 2. The van der Waals surface area contributed by atoms with Crippen LogP contribution < -0.4 is 9.64 Å². The minimum absolute atomic E-state index is 0.157. The predicted molar refractivity (Wildman–Crippen MR) is 167 cm³/mol. The van der Waals surface area contributed by atoms with Gasteiger partial charge >= 0.3 is 0 Å².